The first kappa shape index (κ1) is 18.7. The van der Waals surface area contributed by atoms with E-state index >= 15 is 0 Å². The van der Waals surface area contributed by atoms with Crippen LogP contribution in [0.25, 0.3) is 11.3 Å². The minimum Gasteiger partial charge on any atom is -0.507 e. The number of amides is 1. The number of nitrogens with one attached hydrogen (secondary N) is 2. The van der Waals surface area contributed by atoms with Crippen LogP contribution in [0.15, 0.2) is 58.1 Å². The van der Waals surface area contributed by atoms with Crippen molar-refractivity contribution in [2.24, 2.45) is 5.10 Å². The number of phenols is 1. The fourth-order valence-electron chi connectivity index (χ4n) is 2.39. The van der Waals surface area contributed by atoms with E-state index in [0.29, 0.717) is 23.6 Å². The number of hydrogen-bond donors (Lipinski definition) is 3. The molecule has 3 aromatic rings. The second-order valence-electron chi connectivity index (χ2n) is 5.50. The first-order valence-electron chi connectivity index (χ1n) is 8.18. The molecule has 1 heterocycles. The van der Waals surface area contributed by atoms with E-state index < -0.39 is 5.91 Å². The number of rotatable bonds is 6. The van der Waals surface area contributed by atoms with Crippen molar-refractivity contribution in [3.63, 3.8) is 0 Å². The molecule has 3 N–H and O–H groups in total. The number of ether oxygens (including phenoxy) is 1. The van der Waals surface area contributed by atoms with Crippen LogP contribution >= 0.6 is 15.9 Å². The Kier molecular flexibility index (Phi) is 5.87. The molecule has 1 amide bonds. The molecule has 0 aliphatic rings. The highest BCUT2D eigenvalue weighted by Crippen LogP contribution is 2.28. The van der Waals surface area contributed by atoms with E-state index in [4.69, 9.17) is 4.74 Å². The molecule has 1 aromatic heterocycles. The molecule has 8 heteroatoms. The van der Waals surface area contributed by atoms with Gasteiger partial charge in [-0.25, -0.2) is 5.43 Å². The number of aromatic amines is 1. The van der Waals surface area contributed by atoms with Crippen LogP contribution in [-0.2, 0) is 0 Å². The van der Waals surface area contributed by atoms with Crippen LogP contribution < -0.4 is 10.2 Å². The van der Waals surface area contributed by atoms with Crippen molar-refractivity contribution in [3.8, 4) is 22.8 Å². The lowest BCUT2D eigenvalue weighted by Crippen LogP contribution is -2.18. The Balaban J connectivity index is 1.72. The number of H-pyrrole nitrogens is 1. The fraction of sp³-hybridized carbons (Fsp3) is 0.105. The molecule has 0 saturated carbocycles. The summed E-state index contributed by atoms with van der Waals surface area (Å²) in [4.78, 5) is 12.2. The van der Waals surface area contributed by atoms with Crippen LogP contribution in [0.2, 0.25) is 0 Å². The normalized spacial score (nSPS) is 10.9. The third kappa shape index (κ3) is 4.53. The second kappa shape index (κ2) is 8.50. The SMILES string of the molecule is CCOc1ccccc1-c1cc(C(=O)N/N=C/c2cc(Br)ccc2O)[nH]n1. The molecule has 2 aromatic carbocycles. The summed E-state index contributed by atoms with van der Waals surface area (Å²) in [6.07, 6.45) is 1.36. The largest absolute Gasteiger partial charge is 0.507 e. The number of nitrogens with zero attached hydrogens (tertiary/aromatic N) is 2. The smallest absolute Gasteiger partial charge is 0.289 e. The molecule has 0 unspecified atom stereocenters. The summed E-state index contributed by atoms with van der Waals surface area (Å²) in [7, 11) is 0. The Labute approximate surface area is 164 Å². The lowest BCUT2D eigenvalue weighted by atomic mass is 10.1. The van der Waals surface area contributed by atoms with Crippen molar-refractivity contribution in [2.45, 2.75) is 6.92 Å². The van der Waals surface area contributed by atoms with Crippen molar-refractivity contribution in [1.82, 2.24) is 15.6 Å². The highest BCUT2D eigenvalue weighted by atomic mass is 79.9. The predicted octanol–water partition coefficient (Wildman–Crippen LogP) is 3.71. The van der Waals surface area contributed by atoms with Crippen LogP contribution in [0.3, 0.4) is 0 Å². The monoisotopic (exact) mass is 428 g/mol. The van der Waals surface area contributed by atoms with Gasteiger partial charge in [-0.05, 0) is 43.3 Å². The van der Waals surface area contributed by atoms with Gasteiger partial charge < -0.3 is 9.84 Å². The predicted molar refractivity (Wildman–Crippen MR) is 106 cm³/mol. The van der Waals surface area contributed by atoms with Gasteiger partial charge in [0.1, 0.15) is 17.2 Å². The molecule has 138 valence electrons. The van der Waals surface area contributed by atoms with Gasteiger partial charge in [0, 0.05) is 15.6 Å². The van der Waals surface area contributed by atoms with E-state index in [-0.39, 0.29) is 11.4 Å². The minimum atomic E-state index is -0.451. The number of aromatic hydroxyl groups is 1. The van der Waals surface area contributed by atoms with Gasteiger partial charge in [-0.2, -0.15) is 10.2 Å². The van der Waals surface area contributed by atoms with E-state index in [1.54, 1.807) is 18.2 Å². The number of carbonyl (C=O) groups is 1. The number of phenolic OH excluding ortho intramolecular Hbond substituents is 1. The molecule has 0 fully saturated rings. The highest BCUT2D eigenvalue weighted by molar-refractivity contribution is 9.10. The molecule has 7 nitrogen and oxygen atoms in total. The molecule has 0 aliphatic heterocycles. The standard InChI is InChI=1S/C19H17BrN4O3/c1-2-27-18-6-4-3-5-14(18)15-10-16(23-22-15)19(26)24-21-11-12-9-13(20)7-8-17(12)25/h3-11,25H,2H2,1H3,(H,22,23)(H,24,26)/b21-11+. The van der Waals surface area contributed by atoms with Crippen LogP contribution in [0.5, 0.6) is 11.5 Å². The molecule has 0 atom stereocenters. The quantitative estimate of drug-likeness (QED) is 0.411. The summed E-state index contributed by atoms with van der Waals surface area (Å²) in [5.41, 5.74) is 4.51. The fourth-order valence-corrected chi connectivity index (χ4v) is 2.76. The van der Waals surface area contributed by atoms with Crippen molar-refractivity contribution in [1.29, 1.82) is 0 Å². The first-order valence-corrected chi connectivity index (χ1v) is 8.97. The molecular formula is C19H17BrN4O3. The van der Waals surface area contributed by atoms with E-state index in [2.05, 4.69) is 36.7 Å². The third-order valence-corrected chi connectivity index (χ3v) is 4.14. The van der Waals surface area contributed by atoms with E-state index in [1.807, 2.05) is 31.2 Å². The molecule has 0 spiro atoms. The zero-order chi connectivity index (χ0) is 19.2. The Morgan fingerprint density at radius 1 is 1.33 bits per heavy atom. The summed E-state index contributed by atoms with van der Waals surface area (Å²) in [5.74, 6) is 0.308. The maximum Gasteiger partial charge on any atom is 0.289 e. The van der Waals surface area contributed by atoms with Gasteiger partial charge in [0.05, 0.1) is 18.5 Å². The van der Waals surface area contributed by atoms with Crippen LogP contribution in [-0.4, -0.2) is 34.0 Å². The number of para-hydroxylation sites is 1. The van der Waals surface area contributed by atoms with E-state index in [0.717, 1.165) is 10.0 Å². The zero-order valence-electron chi connectivity index (χ0n) is 14.4. The number of aromatic nitrogens is 2. The summed E-state index contributed by atoms with van der Waals surface area (Å²) in [5, 5.41) is 20.5. The maximum atomic E-state index is 12.2. The van der Waals surface area contributed by atoms with Crippen molar-refractivity contribution in [3.05, 3.63) is 64.3 Å². The Hall–Kier alpha value is -3.13. The van der Waals surface area contributed by atoms with Gasteiger partial charge in [0.25, 0.3) is 5.91 Å². The average molecular weight is 429 g/mol. The van der Waals surface area contributed by atoms with E-state index in [9.17, 15) is 9.90 Å². The Morgan fingerprint density at radius 3 is 2.96 bits per heavy atom. The van der Waals surface area contributed by atoms with Gasteiger partial charge in [0.15, 0.2) is 0 Å². The molecule has 0 radical (unpaired) electrons. The Bertz CT molecular complexity index is 985. The first-order chi connectivity index (χ1) is 13.1. The molecular weight excluding hydrogens is 412 g/mol. The van der Waals surface area contributed by atoms with Crippen LogP contribution in [0.4, 0.5) is 0 Å². The van der Waals surface area contributed by atoms with Crippen LogP contribution in [0, 0.1) is 0 Å². The topological polar surface area (TPSA) is 99.6 Å². The molecule has 3 rings (SSSR count). The van der Waals surface area contributed by atoms with E-state index in [1.165, 1.54) is 12.3 Å². The van der Waals surface area contributed by atoms with Gasteiger partial charge in [-0.15, -0.1) is 0 Å². The lowest BCUT2D eigenvalue weighted by Gasteiger charge is -2.07. The second-order valence-corrected chi connectivity index (χ2v) is 6.41. The zero-order valence-corrected chi connectivity index (χ0v) is 16.0. The number of hydrazone groups is 1. The van der Waals surface area contributed by atoms with Crippen LogP contribution in [0.1, 0.15) is 23.0 Å². The third-order valence-electron chi connectivity index (χ3n) is 3.64. The summed E-state index contributed by atoms with van der Waals surface area (Å²) in [6.45, 7) is 2.44. The lowest BCUT2D eigenvalue weighted by molar-refractivity contribution is 0.0950. The number of benzene rings is 2. The number of halogens is 1. The number of carbonyl (C=O) groups excluding carboxylic acids is 1. The highest BCUT2D eigenvalue weighted by Gasteiger charge is 2.13. The van der Waals surface area contributed by atoms with Gasteiger partial charge in [-0.3, -0.25) is 9.89 Å². The van der Waals surface area contributed by atoms with Gasteiger partial charge >= 0.3 is 0 Å². The van der Waals surface area contributed by atoms with Gasteiger partial charge in [-0.1, -0.05) is 28.1 Å². The minimum absolute atomic E-state index is 0.0626. The van der Waals surface area contributed by atoms with Gasteiger partial charge in [0.2, 0.25) is 0 Å². The van der Waals surface area contributed by atoms with Crippen molar-refractivity contribution in [2.75, 3.05) is 6.61 Å². The Morgan fingerprint density at radius 2 is 2.15 bits per heavy atom. The maximum absolute atomic E-state index is 12.2. The molecule has 0 bridgehead atoms. The number of hydrogen-bond acceptors (Lipinski definition) is 5. The van der Waals surface area contributed by atoms with Crippen molar-refractivity contribution >= 4 is 28.1 Å². The molecule has 0 aliphatic carbocycles. The van der Waals surface area contributed by atoms with Crippen molar-refractivity contribution < 1.29 is 14.6 Å². The average Bonchev–Trinajstić information content (AvgIpc) is 3.15. The summed E-state index contributed by atoms with van der Waals surface area (Å²) < 4.78 is 6.38. The molecule has 27 heavy (non-hydrogen) atoms. The summed E-state index contributed by atoms with van der Waals surface area (Å²) in [6, 6.07) is 14.0. The molecule has 0 saturated heterocycles. The summed E-state index contributed by atoms with van der Waals surface area (Å²) >= 11 is 3.31.